The molecule has 7 heteroatoms. The van der Waals surface area contributed by atoms with Crippen LogP contribution >= 0.6 is 15.9 Å². The number of nitrogens with zero attached hydrogens (tertiary/aromatic N) is 1. The van der Waals surface area contributed by atoms with Gasteiger partial charge >= 0.3 is 5.97 Å². The van der Waals surface area contributed by atoms with Crippen molar-refractivity contribution < 1.29 is 19.2 Å². The van der Waals surface area contributed by atoms with Gasteiger partial charge in [-0.15, -0.1) is 0 Å². The number of esters is 1. The molecule has 1 atom stereocenters. The molecule has 0 spiro atoms. The Bertz CT molecular complexity index is 918. The van der Waals surface area contributed by atoms with Crippen LogP contribution in [0.2, 0.25) is 0 Å². The summed E-state index contributed by atoms with van der Waals surface area (Å²) in [7, 11) is 0. The van der Waals surface area contributed by atoms with Crippen molar-refractivity contribution in [3.63, 3.8) is 0 Å². The van der Waals surface area contributed by atoms with Crippen LogP contribution in [-0.2, 0) is 14.3 Å². The lowest BCUT2D eigenvalue weighted by Crippen LogP contribution is -2.27. The summed E-state index contributed by atoms with van der Waals surface area (Å²) in [6, 6.07) is 10.8. The summed E-state index contributed by atoms with van der Waals surface area (Å²) in [4.78, 5) is 35.1. The third-order valence-electron chi connectivity index (χ3n) is 3.83. The maximum atomic E-state index is 12.5. The smallest absolute Gasteiger partial charge is 0.326 e. The molecular weight excluding hydrogens is 390 g/mol. The predicted octanol–water partition coefficient (Wildman–Crippen LogP) is 3.92. The summed E-state index contributed by atoms with van der Waals surface area (Å²) in [5.74, 6) is -2.01. The molecule has 0 N–H and O–H groups in total. The molecule has 25 heavy (non-hydrogen) atoms. The van der Waals surface area contributed by atoms with Gasteiger partial charge in [0.1, 0.15) is 11.7 Å². The van der Waals surface area contributed by atoms with Gasteiger partial charge in [-0.25, -0.2) is 0 Å². The van der Waals surface area contributed by atoms with Crippen LogP contribution in [0.1, 0.15) is 22.6 Å². The zero-order valence-corrected chi connectivity index (χ0v) is 14.6. The van der Waals surface area contributed by atoms with Crippen molar-refractivity contribution in [1.29, 1.82) is 0 Å². The van der Waals surface area contributed by atoms with Gasteiger partial charge in [-0.1, -0.05) is 28.1 Å². The second kappa shape index (κ2) is 6.60. The topological polar surface area (TPSA) is 86.5 Å². The van der Waals surface area contributed by atoms with E-state index < -0.39 is 22.6 Å². The van der Waals surface area contributed by atoms with Crippen LogP contribution in [0.25, 0.3) is 5.76 Å². The van der Waals surface area contributed by atoms with E-state index in [4.69, 9.17) is 4.74 Å². The Hall–Kier alpha value is -2.80. The van der Waals surface area contributed by atoms with Crippen LogP contribution in [-0.4, -0.2) is 16.7 Å². The Labute approximate surface area is 151 Å². The van der Waals surface area contributed by atoms with E-state index in [1.165, 1.54) is 30.3 Å². The summed E-state index contributed by atoms with van der Waals surface area (Å²) in [5, 5.41) is 10.7. The quantitative estimate of drug-likeness (QED) is 0.336. The van der Waals surface area contributed by atoms with Gasteiger partial charge in [-0.2, -0.15) is 0 Å². The number of hydrogen-bond donors (Lipinski definition) is 0. The molecule has 6 nitrogen and oxygen atoms in total. The van der Waals surface area contributed by atoms with E-state index >= 15 is 0 Å². The van der Waals surface area contributed by atoms with E-state index in [0.29, 0.717) is 15.6 Å². The van der Waals surface area contributed by atoms with E-state index in [2.05, 4.69) is 15.9 Å². The fraction of sp³-hybridized carbons (Fsp3) is 0.111. The Morgan fingerprint density at radius 2 is 1.80 bits per heavy atom. The van der Waals surface area contributed by atoms with Crippen molar-refractivity contribution >= 4 is 39.1 Å². The fourth-order valence-electron chi connectivity index (χ4n) is 2.56. The molecule has 0 fully saturated rings. The molecular formula is C18H12BrNO5. The summed E-state index contributed by atoms with van der Waals surface area (Å²) in [6.45, 7) is 1.90. The Morgan fingerprint density at radius 3 is 2.36 bits per heavy atom. The van der Waals surface area contributed by atoms with E-state index in [0.717, 1.165) is 5.56 Å². The van der Waals surface area contributed by atoms with Crippen LogP contribution < -0.4 is 0 Å². The minimum atomic E-state index is -1.03. The van der Waals surface area contributed by atoms with Gasteiger partial charge in [0.2, 0.25) is 0 Å². The normalized spacial score (nSPS) is 17.0. The molecule has 0 aromatic heterocycles. The highest BCUT2D eigenvalue weighted by molar-refractivity contribution is 9.10. The standard InChI is InChI=1S/C18H12BrNO5/c1-10-2-7-13(14(19)8-10)17-15(21)9-16(25-18(17)22)11-3-5-12(6-4-11)20(23)24/h2-9,17H,1H3. The lowest BCUT2D eigenvalue weighted by atomic mass is 9.91. The number of nitro groups is 1. The zero-order valence-electron chi connectivity index (χ0n) is 13.1. The van der Waals surface area contributed by atoms with Gasteiger partial charge in [-0.05, 0) is 36.2 Å². The van der Waals surface area contributed by atoms with Crippen molar-refractivity contribution in [3.05, 3.63) is 79.8 Å². The summed E-state index contributed by atoms with van der Waals surface area (Å²) < 4.78 is 5.97. The Balaban J connectivity index is 1.93. The minimum absolute atomic E-state index is 0.0840. The molecule has 0 saturated heterocycles. The lowest BCUT2D eigenvalue weighted by molar-refractivity contribution is -0.384. The number of carbonyl (C=O) groups is 2. The Morgan fingerprint density at radius 1 is 1.12 bits per heavy atom. The first-order chi connectivity index (χ1) is 11.9. The molecule has 0 amide bonds. The monoisotopic (exact) mass is 401 g/mol. The third-order valence-corrected chi connectivity index (χ3v) is 4.52. The molecule has 2 aromatic carbocycles. The number of halogens is 1. The van der Waals surface area contributed by atoms with Crippen molar-refractivity contribution in [1.82, 2.24) is 0 Å². The van der Waals surface area contributed by atoms with Gasteiger partial charge in [0.05, 0.1) is 4.92 Å². The highest BCUT2D eigenvalue weighted by atomic mass is 79.9. The number of hydrogen-bond acceptors (Lipinski definition) is 5. The number of non-ortho nitro benzene ring substituents is 1. The second-order valence-electron chi connectivity index (χ2n) is 5.59. The number of ketones is 1. The first-order valence-corrected chi connectivity index (χ1v) is 8.14. The Kier molecular flexibility index (Phi) is 4.50. The maximum absolute atomic E-state index is 12.5. The highest BCUT2D eigenvalue weighted by Crippen LogP contribution is 2.34. The van der Waals surface area contributed by atoms with Crippen molar-refractivity contribution in [3.8, 4) is 0 Å². The van der Waals surface area contributed by atoms with Gasteiger partial charge in [-0.3, -0.25) is 19.7 Å². The van der Waals surface area contributed by atoms with Crippen LogP contribution in [0.4, 0.5) is 5.69 Å². The maximum Gasteiger partial charge on any atom is 0.326 e. The number of cyclic esters (lactones) is 1. The first kappa shape index (κ1) is 17.0. The number of carbonyl (C=O) groups excluding carboxylic acids is 2. The van der Waals surface area contributed by atoms with Crippen molar-refractivity contribution in [2.75, 3.05) is 0 Å². The molecule has 126 valence electrons. The molecule has 1 aliphatic rings. The van der Waals surface area contributed by atoms with Crippen molar-refractivity contribution in [2.45, 2.75) is 12.8 Å². The van der Waals surface area contributed by atoms with Gasteiger partial charge < -0.3 is 4.74 Å². The first-order valence-electron chi connectivity index (χ1n) is 7.35. The van der Waals surface area contributed by atoms with E-state index in [-0.39, 0.29) is 11.4 Å². The number of nitro benzene ring substituents is 1. The molecule has 0 bridgehead atoms. The zero-order chi connectivity index (χ0) is 18.1. The average molecular weight is 402 g/mol. The molecule has 0 aliphatic carbocycles. The van der Waals surface area contributed by atoms with Crippen LogP contribution in [0, 0.1) is 17.0 Å². The molecule has 1 aliphatic heterocycles. The number of benzene rings is 2. The molecule has 0 saturated carbocycles. The minimum Gasteiger partial charge on any atom is -0.425 e. The number of aryl methyl sites for hydroxylation is 1. The number of rotatable bonds is 3. The summed E-state index contributed by atoms with van der Waals surface area (Å²) >= 11 is 3.37. The van der Waals surface area contributed by atoms with Gasteiger partial charge in [0, 0.05) is 28.2 Å². The van der Waals surface area contributed by atoms with Crippen LogP contribution in [0.3, 0.4) is 0 Å². The second-order valence-corrected chi connectivity index (χ2v) is 6.45. The number of allylic oxidation sites excluding steroid dienone is 1. The SMILES string of the molecule is Cc1ccc(C2C(=O)C=C(c3ccc([N+](=O)[O-])cc3)OC2=O)c(Br)c1. The fourth-order valence-corrected chi connectivity index (χ4v) is 3.28. The van der Waals surface area contributed by atoms with Crippen LogP contribution in [0.15, 0.2) is 53.0 Å². The summed E-state index contributed by atoms with van der Waals surface area (Å²) in [5.41, 5.74) is 1.88. The molecule has 0 radical (unpaired) electrons. The van der Waals surface area contributed by atoms with E-state index in [1.807, 2.05) is 19.1 Å². The highest BCUT2D eigenvalue weighted by Gasteiger charge is 2.35. The van der Waals surface area contributed by atoms with Crippen LogP contribution in [0.5, 0.6) is 0 Å². The number of ether oxygens (including phenoxy) is 1. The van der Waals surface area contributed by atoms with Gasteiger partial charge in [0.25, 0.3) is 5.69 Å². The predicted molar refractivity (Wildman–Crippen MR) is 93.8 cm³/mol. The molecule has 3 rings (SSSR count). The molecule has 1 heterocycles. The van der Waals surface area contributed by atoms with Crippen molar-refractivity contribution in [2.24, 2.45) is 0 Å². The molecule has 2 aromatic rings. The average Bonchev–Trinajstić information content (AvgIpc) is 2.56. The van der Waals surface area contributed by atoms with E-state index in [1.54, 1.807) is 6.07 Å². The third kappa shape index (κ3) is 3.36. The van der Waals surface area contributed by atoms with E-state index in [9.17, 15) is 19.7 Å². The van der Waals surface area contributed by atoms with Gasteiger partial charge in [0.15, 0.2) is 5.78 Å². The summed E-state index contributed by atoms with van der Waals surface area (Å²) in [6.07, 6.45) is 1.25. The molecule has 1 unspecified atom stereocenters. The largest absolute Gasteiger partial charge is 0.425 e. The lowest BCUT2D eigenvalue weighted by Gasteiger charge is -2.21.